The van der Waals surface area contributed by atoms with Gasteiger partial charge in [-0.1, -0.05) is 47.5 Å². The summed E-state index contributed by atoms with van der Waals surface area (Å²) in [5.41, 5.74) is 2.78. The molecule has 0 saturated carbocycles. The van der Waals surface area contributed by atoms with E-state index in [0.29, 0.717) is 22.2 Å². The van der Waals surface area contributed by atoms with E-state index in [4.69, 9.17) is 32.7 Å². The molecule has 144 valence electrons. The zero-order chi connectivity index (χ0) is 20.2. The van der Waals surface area contributed by atoms with Crippen molar-refractivity contribution in [3.8, 4) is 5.75 Å². The maximum absolute atomic E-state index is 12.1. The summed E-state index contributed by atoms with van der Waals surface area (Å²) in [6, 6.07) is 21.8. The van der Waals surface area contributed by atoms with E-state index in [1.165, 1.54) is 0 Å². The second-order valence-electron chi connectivity index (χ2n) is 6.33. The van der Waals surface area contributed by atoms with Crippen LogP contribution in [0.4, 0.5) is 0 Å². The van der Waals surface area contributed by atoms with Crippen LogP contribution in [0.3, 0.4) is 0 Å². The highest BCUT2D eigenvalue weighted by Gasteiger charge is 2.24. The summed E-state index contributed by atoms with van der Waals surface area (Å²) in [5, 5.41) is 1.30. The largest absolute Gasteiger partial charge is 0.489 e. The lowest BCUT2D eigenvalue weighted by Gasteiger charge is -2.06. The standard InChI is InChI=1S/C23H15Cl2NO3/c24-18-7-1-16(2-8-18)14-28-20-11-3-15(4-12-20)13-21-23(27)29-22(26-21)17-5-9-19(25)10-6-17/h1-13H,14H2/b21-13-. The highest BCUT2D eigenvalue weighted by atomic mass is 35.5. The Morgan fingerprint density at radius 2 is 1.48 bits per heavy atom. The van der Waals surface area contributed by atoms with Gasteiger partial charge in [-0.3, -0.25) is 0 Å². The fraction of sp³-hybridized carbons (Fsp3) is 0.0435. The Balaban J connectivity index is 1.44. The smallest absolute Gasteiger partial charge is 0.363 e. The second-order valence-corrected chi connectivity index (χ2v) is 7.20. The number of carbonyl (C=O) groups excluding carboxylic acids is 1. The van der Waals surface area contributed by atoms with E-state index in [1.54, 1.807) is 30.3 Å². The molecule has 0 saturated heterocycles. The van der Waals surface area contributed by atoms with Gasteiger partial charge in [-0.15, -0.1) is 0 Å². The Morgan fingerprint density at radius 3 is 2.14 bits per heavy atom. The van der Waals surface area contributed by atoms with Gasteiger partial charge in [0.05, 0.1) is 0 Å². The van der Waals surface area contributed by atoms with Gasteiger partial charge >= 0.3 is 5.97 Å². The predicted octanol–water partition coefficient (Wildman–Crippen LogP) is 5.92. The number of carbonyl (C=O) groups is 1. The van der Waals surface area contributed by atoms with Gasteiger partial charge < -0.3 is 9.47 Å². The first kappa shape index (κ1) is 19.2. The van der Waals surface area contributed by atoms with Crippen molar-refractivity contribution in [2.45, 2.75) is 6.61 Å². The summed E-state index contributed by atoms with van der Waals surface area (Å²) in [7, 11) is 0. The molecular weight excluding hydrogens is 409 g/mol. The van der Waals surface area contributed by atoms with Crippen molar-refractivity contribution in [2.24, 2.45) is 4.99 Å². The van der Waals surface area contributed by atoms with Gasteiger partial charge in [0.15, 0.2) is 5.70 Å². The van der Waals surface area contributed by atoms with Crippen molar-refractivity contribution in [1.82, 2.24) is 0 Å². The summed E-state index contributed by atoms with van der Waals surface area (Å²) in [6.07, 6.45) is 1.67. The molecule has 0 bridgehead atoms. The second kappa shape index (κ2) is 8.52. The molecule has 0 amide bonds. The molecule has 0 radical (unpaired) electrons. The molecule has 0 N–H and O–H groups in total. The predicted molar refractivity (Wildman–Crippen MR) is 114 cm³/mol. The van der Waals surface area contributed by atoms with Crippen LogP contribution in [0.5, 0.6) is 5.75 Å². The Bertz CT molecular complexity index is 1090. The van der Waals surface area contributed by atoms with Crippen molar-refractivity contribution < 1.29 is 14.3 Å². The Morgan fingerprint density at radius 1 is 0.862 bits per heavy atom. The number of hydrogen-bond donors (Lipinski definition) is 0. The van der Waals surface area contributed by atoms with Crippen molar-refractivity contribution in [1.29, 1.82) is 0 Å². The number of halogens is 2. The molecule has 6 heteroatoms. The zero-order valence-corrected chi connectivity index (χ0v) is 16.7. The van der Waals surface area contributed by atoms with Crippen molar-refractivity contribution >= 4 is 41.1 Å². The first-order valence-corrected chi connectivity index (χ1v) is 9.58. The molecule has 1 heterocycles. The van der Waals surface area contributed by atoms with Crippen LogP contribution < -0.4 is 4.74 Å². The van der Waals surface area contributed by atoms with Gasteiger partial charge in [0.25, 0.3) is 0 Å². The highest BCUT2D eigenvalue weighted by molar-refractivity contribution is 6.31. The number of hydrogen-bond acceptors (Lipinski definition) is 4. The quantitative estimate of drug-likeness (QED) is 0.378. The van der Waals surface area contributed by atoms with Crippen LogP contribution in [0.2, 0.25) is 10.0 Å². The summed E-state index contributed by atoms with van der Waals surface area (Å²) in [5.74, 6) is 0.500. The summed E-state index contributed by atoms with van der Waals surface area (Å²) < 4.78 is 11.0. The Hall–Kier alpha value is -3.08. The lowest BCUT2D eigenvalue weighted by atomic mass is 10.2. The number of ether oxygens (including phenoxy) is 2. The minimum absolute atomic E-state index is 0.241. The molecule has 0 spiro atoms. The molecule has 3 aromatic carbocycles. The van der Waals surface area contributed by atoms with E-state index in [2.05, 4.69) is 4.99 Å². The molecule has 0 atom stereocenters. The third kappa shape index (κ3) is 4.86. The molecule has 1 aliphatic heterocycles. The van der Waals surface area contributed by atoms with Gasteiger partial charge in [0.1, 0.15) is 12.4 Å². The van der Waals surface area contributed by atoms with Crippen molar-refractivity contribution in [3.63, 3.8) is 0 Å². The van der Waals surface area contributed by atoms with Crippen molar-refractivity contribution in [2.75, 3.05) is 0 Å². The van der Waals surface area contributed by atoms with Crippen LogP contribution in [0.1, 0.15) is 16.7 Å². The van der Waals surface area contributed by atoms with Gasteiger partial charge in [0.2, 0.25) is 5.90 Å². The SMILES string of the molecule is O=C1OC(c2ccc(Cl)cc2)=N/C1=C\c1ccc(OCc2ccc(Cl)cc2)cc1. The number of benzene rings is 3. The number of esters is 1. The van der Waals surface area contributed by atoms with Gasteiger partial charge in [-0.25, -0.2) is 9.79 Å². The number of rotatable bonds is 5. The van der Waals surface area contributed by atoms with Crippen LogP contribution in [-0.4, -0.2) is 11.9 Å². The average molecular weight is 424 g/mol. The molecular formula is C23H15Cl2NO3. The highest BCUT2D eigenvalue weighted by Crippen LogP contribution is 2.22. The maximum Gasteiger partial charge on any atom is 0.363 e. The molecule has 4 rings (SSSR count). The molecule has 4 nitrogen and oxygen atoms in total. The number of nitrogens with zero attached hydrogens (tertiary/aromatic N) is 1. The van der Waals surface area contributed by atoms with Crippen LogP contribution in [0, 0.1) is 0 Å². The lowest BCUT2D eigenvalue weighted by molar-refractivity contribution is -0.129. The molecule has 29 heavy (non-hydrogen) atoms. The average Bonchev–Trinajstić information content (AvgIpc) is 3.09. The van der Waals surface area contributed by atoms with E-state index in [-0.39, 0.29) is 11.6 Å². The summed E-state index contributed by atoms with van der Waals surface area (Å²) in [4.78, 5) is 16.4. The Labute approximate surface area is 178 Å². The molecule has 0 aliphatic carbocycles. The van der Waals surface area contributed by atoms with Gasteiger partial charge in [-0.05, 0) is 65.7 Å². The fourth-order valence-corrected chi connectivity index (χ4v) is 2.94. The third-order valence-corrected chi connectivity index (χ3v) is 4.72. The fourth-order valence-electron chi connectivity index (χ4n) is 2.69. The van der Waals surface area contributed by atoms with Crippen LogP contribution in [0.15, 0.2) is 83.5 Å². The van der Waals surface area contributed by atoms with Gasteiger partial charge in [-0.2, -0.15) is 0 Å². The van der Waals surface area contributed by atoms with Crippen molar-refractivity contribution in [3.05, 3.63) is 105 Å². The van der Waals surface area contributed by atoms with Gasteiger partial charge in [0, 0.05) is 15.6 Å². The van der Waals surface area contributed by atoms with E-state index in [9.17, 15) is 4.79 Å². The zero-order valence-electron chi connectivity index (χ0n) is 15.1. The van der Waals surface area contributed by atoms with Crippen LogP contribution in [0.25, 0.3) is 6.08 Å². The normalized spacial score (nSPS) is 14.6. The minimum atomic E-state index is -0.488. The molecule has 0 aromatic heterocycles. The topological polar surface area (TPSA) is 47.9 Å². The van der Waals surface area contributed by atoms with E-state index < -0.39 is 5.97 Å². The molecule has 1 aliphatic rings. The summed E-state index contributed by atoms with van der Waals surface area (Å²) in [6.45, 7) is 0.443. The lowest BCUT2D eigenvalue weighted by Crippen LogP contribution is -2.05. The van der Waals surface area contributed by atoms with Crippen LogP contribution >= 0.6 is 23.2 Å². The van der Waals surface area contributed by atoms with E-state index in [1.807, 2.05) is 48.5 Å². The van der Waals surface area contributed by atoms with E-state index >= 15 is 0 Å². The van der Waals surface area contributed by atoms with E-state index in [0.717, 1.165) is 16.9 Å². The monoisotopic (exact) mass is 423 g/mol. The number of cyclic esters (lactones) is 1. The third-order valence-electron chi connectivity index (χ3n) is 4.21. The number of aliphatic imine (C=N–C) groups is 1. The molecule has 0 unspecified atom stereocenters. The molecule has 0 fully saturated rings. The van der Waals surface area contributed by atoms with Crippen LogP contribution in [-0.2, 0) is 16.1 Å². The summed E-state index contributed by atoms with van der Waals surface area (Å²) >= 11 is 11.8. The first-order chi connectivity index (χ1) is 14.1. The maximum atomic E-state index is 12.1. The molecule has 3 aromatic rings. The minimum Gasteiger partial charge on any atom is -0.489 e. The first-order valence-electron chi connectivity index (χ1n) is 8.83. The Kier molecular flexibility index (Phi) is 5.65.